The Morgan fingerprint density at radius 3 is 2.61 bits per heavy atom. The molecule has 2 atom stereocenters. The first-order valence-corrected chi connectivity index (χ1v) is 7.32. The second-order valence-electron chi connectivity index (χ2n) is 5.14. The number of rotatable bonds is 4. The molecule has 2 unspecified atom stereocenters. The predicted octanol–water partition coefficient (Wildman–Crippen LogP) is 3.90. The molecule has 4 heteroatoms. The van der Waals surface area contributed by atoms with Crippen molar-refractivity contribution in [1.29, 1.82) is 0 Å². The van der Waals surface area contributed by atoms with Gasteiger partial charge in [-0.25, -0.2) is 8.78 Å². The quantitative estimate of drug-likeness (QED) is 0.891. The van der Waals surface area contributed by atoms with Crippen LogP contribution < -0.4 is 5.32 Å². The van der Waals surface area contributed by atoms with Gasteiger partial charge in [0.05, 0.1) is 0 Å². The van der Waals surface area contributed by atoms with Crippen LogP contribution in [0.15, 0.2) is 18.2 Å². The normalized spacial score (nSPS) is 25.3. The van der Waals surface area contributed by atoms with Gasteiger partial charge in [-0.2, -0.15) is 11.8 Å². The predicted molar refractivity (Wildman–Crippen MR) is 72.9 cm³/mol. The highest BCUT2D eigenvalue weighted by atomic mass is 32.2. The summed E-state index contributed by atoms with van der Waals surface area (Å²) in [6.07, 6.45) is 2.39. The Labute approximate surface area is 111 Å². The first-order valence-electron chi connectivity index (χ1n) is 6.33. The summed E-state index contributed by atoms with van der Waals surface area (Å²) in [6.45, 7) is 4.80. The number of halogens is 2. The van der Waals surface area contributed by atoms with Gasteiger partial charge in [-0.05, 0) is 44.6 Å². The molecule has 0 spiro atoms. The lowest BCUT2D eigenvalue weighted by molar-refractivity contribution is 0.455. The molecule has 18 heavy (non-hydrogen) atoms. The zero-order valence-electron chi connectivity index (χ0n) is 10.8. The number of hydrogen-bond donors (Lipinski definition) is 1. The molecule has 1 heterocycles. The number of hydrogen-bond acceptors (Lipinski definition) is 2. The molecule has 0 aromatic heterocycles. The largest absolute Gasteiger partial charge is 0.309 e. The molecule has 0 amide bonds. The van der Waals surface area contributed by atoms with Crippen molar-refractivity contribution in [3.8, 4) is 0 Å². The Balaban J connectivity index is 2.01. The van der Waals surface area contributed by atoms with E-state index in [1.165, 1.54) is 30.4 Å². The lowest BCUT2D eigenvalue weighted by Gasteiger charge is -2.26. The molecule has 1 nitrogen and oxygen atoms in total. The maximum Gasteiger partial charge on any atom is 0.130 e. The summed E-state index contributed by atoms with van der Waals surface area (Å²) in [5, 5.41) is 3.26. The fourth-order valence-electron chi connectivity index (χ4n) is 2.37. The van der Waals surface area contributed by atoms with Gasteiger partial charge in [0.25, 0.3) is 0 Å². The minimum Gasteiger partial charge on any atom is -0.309 e. The van der Waals surface area contributed by atoms with E-state index in [9.17, 15) is 8.78 Å². The van der Waals surface area contributed by atoms with Crippen LogP contribution in [-0.4, -0.2) is 17.0 Å². The van der Waals surface area contributed by atoms with Crippen molar-refractivity contribution in [3.63, 3.8) is 0 Å². The summed E-state index contributed by atoms with van der Waals surface area (Å²) >= 11 is 1.94. The minimum absolute atomic E-state index is 0.143. The molecule has 100 valence electrons. The van der Waals surface area contributed by atoms with E-state index >= 15 is 0 Å². The van der Waals surface area contributed by atoms with Gasteiger partial charge in [-0.3, -0.25) is 0 Å². The third-order valence-electron chi connectivity index (χ3n) is 3.52. The summed E-state index contributed by atoms with van der Waals surface area (Å²) in [5.74, 6) is 0.235. The molecular formula is C14H19F2NS. The molecule has 2 rings (SSSR count). The Morgan fingerprint density at radius 1 is 1.39 bits per heavy atom. The first kappa shape index (κ1) is 13.8. The molecule has 0 saturated carbocycles. The molecular weight excluding hydrogens is 252 g/mol. The lowest BCUT2D eigenvalue weighted by atomic mass is 10.0. The van der Waals surface area contributed by atoms with Crippen LogP contribution in [0.3, 0.4) is 0 Å². The van der Waals surface area contributed by atoms with Gasteiger partial charge in [-0.15, -0.1) is 0 Å². The van der Waals surface area contributed by atoms with Gasteiger partial charge in [-0.1, -0.05) is 6.07 Å². The fourth-order valence-corrected chi connectivity index (χ4v) is 3.63. The number of benzene rings is 1. The van der Waals surface area contributed by atoms with Gasteiger partial charge in [0.2, 0.25) is 0 Å². The summed E-state index contributed by atoms with van der Waals surface area (Å²) in [6, 6.07) is 3.71. The molecule has 1 saturated heterocycles. The number of nitrogens with one attached hydrogen (secondary N) is 1. The van der Waals surface area contributed by atoms with E-state index in [0.717, 1.165) is 13.0 Å². The topological polar surface area (TPSA) is 12.0 Å². The van der Waals surface area contributed by atoms with Crippen LogP contribution in [0.4, 0.5) is 8.78 Å². The van der Waals surface area contributed by atoms with Gasteiger partial charge in [0, 0.05) is 22.9 Å². The molecule has 1 aliphatic heterocycles. The second-order valence-corrected chi connectivity index (χ2v) is 6.82. The van der Waals surface area contributed by atoms with Gasteiger partial charge in [0.15, 0.2) is 0 Å². The minimum atomic E-state index is -0.473. The number of thioether (sulfide) groups is 1. The van der Waals surface area contributed by atoms with Crippen molar-refractivity contribution in [2.45, 2.75) is 37.5 Å². The maximum absolute atomic E-state index is 13.6. The molecule has 1 N–H and O–H groups in total. The third-order valence-corrected chi connectivity index (χ3v) is 5.05. The van der Waals surface area contributed by atoms with Crippen molar-refractivity contribution in [2.75, 3.05) is 12.3 Å². The SMILES string of the molecule is CC(NCC1(C)CCCS1)c1c(F)cccc1F. The Bertz CT molecular complexity index is 396. The Kier molecular flexibility index (Phi) is 4.28. The molecule has 1 aliphatic rings. The highest BCUT2D eigenvalue weighted by Gasteiger charge is 2.30. The molecule has 1 aromatic rings. The third kappa shape index (κ3) is 3.04. The fraction of sp³-hybridized carbons (Fsp3) is 0.571. The van der Waals surface area contributed by atoms with Gasteiger partial charge >= 0.3 is 0 Å². The average molecular weight is 271 g/mol. The van der Waals surface area contributed by atoms with Crippen LogP contribution >= 0.6 is 11.8 Å². The van der Waals surface area contributed by atoms with Gasteiger partial charge in [0.1, 0.15) is 11.6 Å². The average Bonchev–Trinajstić information content (AvgIpc) is 2.74. The summed E-state index contributed by atoms with van der Waals surface area (Å²) < 4.78 is 27.4. The van der Waals surface area contributed by atoms with E-state index in [4.69, 9.17) is 0 Å². The first-order chi connectivity index (χ1) is 8.52. The molecule has 1 fully saturated rings. The summed E-state index contributed by atoms with van der Waals surface area (Å²) in [5.41, 5.74) is 0.143. The maximum atomic E-state index is 13.6. The van der Waals surface area contributed by atoms with Crippen molar-refractivity contribution >= 4 is 11.8 Å². The van der Waals surface area contributed by atoms with Crippen LogP contribution in [0.5, 0.6) is 0 Å². The van der Waals surface area contributed by atoms with Crippen molar-refractivity contribution in [1.82, 2.24) is 5.32 Å². The standard InChI is InChI=1S/C14H19F2NS/c1-10(13-11(15)5-3-6-12(13)16)17-9-14(2)7-4-8-18-14/h3,5-6,10,17H,4,7-9H2,1-2H3. The highest BCUT2D eigenvalue weighted by molar-refractivity contribution is 8.00. The van der Waals surface area contributed by atoms with Crippen LogP contribution in [0.1, 0.15) is 38.3 Å². The summed E-state index contributed by atoms with van der Waals surface area (Å²) in [4.78, 5) is 0. The zero-order chi connectivity index (χ0) is 13.2. The zero-order valence-corrected chi connectivity index (χ0v) is 11.6. The molecule has 0 bridgehead atoms. The Hall–Kier alpha value is -0.610. The van der Waals surface area contributed by atoms with E-state index in [2.05, 4.69) is 12.2 Å². The summed E-state index contributed by atoms with van der Waals surface area (Å²) in [7, 11) is 0. The van der Waals surface area contributed by atoms with Crippen molar-refractivity contribution in [2.24, 2.45) is 0 Å². The Morgan fingerprint density at radius 2 is 2.06 bits per heavy atom. The van der Waals surface area contributed by atoms with Crippen LogP contribution in [0.2, 0.25) is 0 Å². The molecule has 0 aliphatic carbocycles. The van der Waals surface area contributed by atoms with E-state index < -0.39 is 11.6 Å². The smallest absolute Gasteiger partial charge is 0.130 e. The van der Waals surface area contributed by atoms with Crippen LogP contribution in [0.25, 0.3) is 0 Å². The van der Waals surface area contributed by atoms with Crippen LogP contribution in [-0.2, 0) is 0 Å². The van der Waals surface area contributed by atoms with Crippen LogP contribution in [0, 0.1) is 11.6 Å². The van der Waals surface area contributed by atoms with E-state index in [-0.39, 0.29) is 16.4 Å². The molecule has 1 aromatic carbocycles. The van der Waals surface area contributed by atoms with E-state index in [1.54, 1.807) is 0 Å². The van der Waals surface area contributed by atoms with Gasteiger partial charge < -0.3 is 5.32 Å². The second kappa shape index (κ2) is 5.57. The molecule has 0 radical (unpaired) electrons. The van der Waals surface area contributed by atoms with E-state index in [1.807, 2.05) is 18.7 Å². The van der Waals surface area contributed by atoms with Crippen molar-refractivity contribution < 1.29 is 8.78 Å². The monoisotopic (exact) mass is 271 g/mol. The highest BCUT2D eigenvalue weighted by Crippen LogP contribution is 2.37. The van der Waals surface area contributed by atoms with E-state index in [0.29, 0.717) is 0 Å². The van der Waals surface area contributed by atoms with Crippen molar-refractivity contribution in [3.05, 3.63) is 35.4 Å². The lowest BCUT2D eigenvalue weighted by Crippen LogP contribution is -2.35.